The molecular weight excluding hydrogens is 725 g/mol. The van der Waals surface area contributed by atoms with Crippen LogP contribution in [0.4, 0.5) is 0 Å². The fraction of sp³-hybridized carbons (Fsp3) is 0.293. The van der Waals surface area contributed by atoms with E-state index in [-0.39, 0.29) is 35.6 Å². The molecule has 0 spiro atoms. The van der Waals surface area contributed by atoms with Gasteiger partial charge in [0.1, 0.15) is 0 Å². The first-order valence-electron chi connectivity index (χ1n) is 15.9. The van der Waals surface area contributed by atoms with Gasteiger partial charge in [-0.2, -0.15) is 0 Å². The molecule has 0 atom stereocenters. The van der Waals surface area contributed by atoms with Gasteiger partial charge >= 0.3 is 277 Å². The molecule has 46 heavy (non-hydrogen) atoms. The predicted octanol–water partition coefficient (Wildman–Crippen LogP) is 12.0. The van der Waals surface area contributed by atoms with Crippen LogP contribution in [0.3, 0.4) is 0 Å². The Bertz CT molecular complexity index is 1860. The first-order valence-corrected chi connectivity index (χ1v) is 24.3. The van der Waals surface area contributed by atoms with Crippen molar-refractivity contribution in [2.24, 2.45) is 0 Å². The molecule has 0 saturated carbocycles. The van der Waals surface area contributed by atoms with E-state index in [4.69, 9.17) is 27.4 Å². The molecule has 0 N–H and O–H groups in total. The molecule has 0 fully saturated rings. The molecule has 242 valence electrons. The van der Waals surface area contributed by atoms with Crippen LogP contribution in [0.25, 0.3) is 11.1 Å². The molecule has 4 aromatic carbocycles. The van der Waals surface area contributed by atoms with E-state index < -0.39 is 18.3 Å². The second-order valence-electron chi connectivity index (χ2n) is 15.5. The van der Waals surface area contributed by atoms with E-state index in [1.807, 2.05) is 12.1 Å². The summed E-state index contributed by atoms with van der Waals surface area (Å²) in [6.45, 7) is 14.0. The van der Waals surface area contributed by atoms with Crippen molar-refractivity contribution in [3.63, 3.8) is 0 Å². The van der Waals surface area contributed by atoms with E-state index in [0.717, 1.165) is 31.1 Å². The third-order valence-electron chi connectivity index (χ3n) is 10.1. The summed E-state index contributed by atoms with van der Waals surface area (Å²) in [7, 11) is 0. The Kier molecular flexibility index (Phi) is 10.7. The Morgan fingerprint density at radius 3 is 1.76 bits per heavy atom. The van der Waals surface area contributed by atoms with E-state index in [0.29, 0.717) is 0 Å². The number of benzene rings is 4. The summed E-state index contributed by atoms with van der Waals surface area (Å²) in [4.78, 5) is 0. The zero-order valence-corrected chi connectivity index (χ0v) is 33.4. The minimum atomic E-state index is -4.54. The van der Waals surface area contributed by atoms with Crippen LogP contribution >= 0.6 is 48.0 Å². The fourth-order valence-electron chi connectivity index (χ4n) is 7.62. The zero-order chi connectivity index (χ0) is 31.5. The van der Waals surface area contributed by atoms with Crippen LogP contribution in [-0.4, -0.2) is 4.21 Å². The van der Waals surface area contributed by atoms with Crippen molar-refractivity contribution < 1.29 is 18.3 Å². The maximum atomic E-state index is 6.66. The quantitative estimate of drug-likeness (QED) is 0.161. The normalized spacial score (nSPS) is 14.2. The van der Waals surface area contributed by atoms with Gasteiger partial charge in [-0.25, -0.2) is 0 Å². The van der Waals surface area contributed by atoms with Crippen molar-refractivity contribution in [1.82, 2.24) is 0 Å². The fourth-order valence-corrected chi connectivity index (χ4v) is 23.9. The van der Waals surface area contributed by atoms with Gasteiger partial charge in [0.2, 0.25) is 0 Å². The SMILES string of the molecule is Cl.Cl.[CH2]=[Zr]([CH2]c1cccc(Cl)c1)([CH2]c1cccc(Cl)c1)([C]1=CC=CC1)[c]1cc(C(C)(C)C)cc2c1Cc1ccc(C(C)(C)C)cc1-2. The third-order valence-corrected chi connectivity index (χ3v) is 26.4. The summed E-state index contributed by atoms with van der Waals surface area (Å²) in [5.41, 5.74) is 11.1. The van der Waals surface area contributed by atoms with Crippen LogP contribution in [0, 0.1) is 0 Å². The number of hydrogen-bond acceptors (Lipinski definition) is 0. The molecule has 4 aromatic rings. The van der Waals surface area contributed by atoms with Crippen molar-refractivity contribution in [3.8, 4) is 11.1 Å². The number of halogens is 4. The van der Waals surface area contributed by atoms with Crippen molar-refractivity contribution in [3.05, 3.63) is 144 Å². The van der Waals surface area contributed by atoms with Gasteiger partial charge in [-0.1, -0.05) is 0 Å². The number of fused-ring (bicyclic) bond motifs is 3. The van der Waals surface area contributed by atoms with E-state index in [1.54, 1.807) is 0 Å². The van der Waals surface area contributed by atoms with E-state index in [2.05, 4.69) is 127 Å². The standard InChI is InChI=1S/C21H25.2C7H6Cl.C5H5.CH2.2ClH.Zr/c1-20(2,3)16-9-7-14-11-15-8-10-17(21(4,5)6)13-19(15)18(14)12-16;2*1-6-3-2-4-7(8)5-6;1-2-4-5-3-1;;;;/h7,9-10,12-13H,11H2,1-6H3;2*2-5H,1H2;1-3H,4H2;1H2;2*1H;. The van der Waals surface area contributed by atoms with Gasteiger partial charge in [-0.05, 0) is 0 Å². The van der Waals surface area contributed by atoms with Crippen LogP contribution in [0.1, 0.15) is 81.3 Å². The van der Waals surface area contributed by atoms with Crippen LogP contribution in [0.5, 0.6) is 0 Å². The van der Waals surface area contributed by atoms with Gasteiger partial charge in [-0.3, -0.25) is 0 Å². The number of hydrogen-bond donors (Lipinski definition) is 0. The molecule has 5 heteroatoms. The van der Waals surface area contributed by atoms with E-state index in [1.165, 1.54) is 51.1 Å². The summed E-state index contributed by atoms with van der Waals surface area (Å²) in [6.07, 6.45) is 8.87. The third kappa shape index (κ3) is 6.88. The monoisotopic (exact) mass is 768 g/mol. The van der Waals surface area contributed by atoms with Gasteiger partial charge in [0.25, 0.3) is 0 Å². The molecule has 0 bridgehead atoms. The van der Waals surface area contributed by atoms with Gasteiger partial charge in [0, 0.05) is 0 Å². The molecule has 0 nitrogen and oxygen atoms in total. The molecule has 0 saturated heterocycles. The summed E-state index contributed by atoms with van der Waals surface area (Å²) in [5, 5.41) is 1.56. The van der Waals surface area contributed by atoms with Crippen LogP contribution in [0.2, 0.25) is 10.0 Å². The maximum absolute atomic E-state index is 6.66. The van der Waals surface area contributed by atoms with Crippen LogP contribution in [0.15, 0.2) is 100 Å². The number of rotatable bonds is 6. The summed E-state index contributed by atoms with van der Waals surface area (Å²) < 4.78 is 10.5. The van der Waals surface area contributed by atoms with Crippen molar-refractivity contribution in [2.75, 3.05) is 0 Å². The summed E-state index contributed by atoms with van der Waals surface area (Å²) >= 11 is 8.78. The average molecular weight is 772 g/mol. The second kappa shape index (κ2) is 13.3. The van der Waals surface area contributed by atoms with Crippen molar-refractivity contribution in [1.29, 1.82) is 0 Å². The summed E-state index contributed by atoms with van der Waals surface area (Å²) in [6, 6.07) is 29.3. The Morgan fingerprint density at radius 2 is 1.26 bits per heavy atom. The molecule has 0 radical (unpaired) electrons. The van der Waals surface area contributed by atoms with Crippen molar-refractivity contribution in [2.45, 2.75) is 73.5 Å². The van der Waals surface area contributed by atoms with Crippen molar-refractivity contribution >= 4 is 55.5 Å². The van der Waals surface area contributed by atoms with E-state index >= 15 is 0 Å². The number of allylic oxidation sites excluding steroid dienone is 4. The first-order chi connectivity index (χ1) is 20.6. The molecule has 0 unspecified atom stereocenters. The Labute approximate surface area is 299 Å². The Morgan fingerprint density at radius 1 is 0.696 bits per heavy atom. The molecule has 0 aliphatic heterocycles. The summed E-state index contributed by atoms with van der Waals surface area (Å²) in [5.74, 6) is 0. The minimum absolute atomic E-state index is 0. The molecular formula is C41H46Cl4Zr. The molecule has 2 aliphatic carbocycles. The first kappa shape index (κ1) is 37.1. The molecule has 6 rings (SSSR count). The molecule has 0 aromatic heterocycles. The van der Waals surface area contributed by atoms with Gasteiger partial charge < -0.3 is 0 Å². The van der Waals surface area contributed by atoms with Gasteiger partial charge in [0.05, 0.1) is 0 Å². The average Bonchev–Trinajstić information content (AvgIpc) is 3.60. The zero-order valence-electron chi connectivity index (χ0n) is 27.8. The topological polar surface area (TPSA) is 0 Å². The van der Waals surface area contributed by atoms with Crippen LogP contribution < -0.4 is 3.27 Å². The van der Waals surface area contributed by atoms with Gasteiger partial charge in [0.15, 0.2) is 0 Å². The van der Waals surface area contributed by atoms with Crippen LogP contribution in [-0.2, 0) is 43.8 Å². The molecule has 0 heterocycles. The molecule has 0 amide bonds. The van der Waals surface area contributed by atoms with E-state index in [9.17, 15) is 0 Å². The van der Waals surface area contributed by atoms with Gasteiger partial charge in [-0.15, -0.1) is 24.8 Å². The Balaban J connectivity index is 0.00000240. The molecule has 2 aliphatic rings. The predicted molar refractivity (Wildman–Crippen MR) is 205 cm³/mol. The Hall–Kier alpha value is -1.73. The second-order valence-corrected chi connectivity index (χ2v) is 30.5.